The summed E-state index contributed by atoms with van der Waals surface area (Å²) in [6.45, 7) is 2.89. The van der Waals surface area contributed by atoms with Crippen LogP contribution < -0.4 is 10.0 Å². The molecule has 0 aliphatic carbocycles. The molecule has 0 fully saturated rings. The number of benzene rings is 1. The van der Waals surface area contributed by atoms with E-state index < -0.39 is 15.8 Å². The standard InChI is InChI=1S/C11H16ClFN2O2S/c1-8(6-14-2)7-15-18(16,17)11-4-3-9(13)5-10(11)12/h3-5,8,14-15H,6-7H2,1-2H3. The SMILES string of the molecule is CNCC(C)CNS(=O)(=O)c1ccc(F)cc1Cl. The highest BCUT2D eigenvalue weighted by Crippen LogP contribution is 2.21. The fourth-order valence-electron chi connectivity index (χ4n) is 1.44. The second-order valence-corrected chi connectivity index (χ2v) is 6.23. The predicted octanol–water partition coefficient (Wildman–Crippen LogP) is 1.61. The largest absolute Gasteiger partial charge is 0.319 e. The molecule has 0 radical (unpaired) electrons. The minimum Gasteiger partial charge on any atom is -0.319 e. The van der Waals surface area contributed by atoms with E-state index in [4.69, 9.17) is 11.6 Å². The van der Waals surface area contributed by atoms with Crippen LogP contribution in [0, 0.1) is 11.7 Å². The van der Waals surface area contributed by atoms with E-state index in [2.05, 4.69) is 10.0 Å². The summed E-state index contributed by atoms with van der Waals surface area (Å²) >= 11 is 5.72. The molecule has 1 aromatic rings. The van der Waals surface area contributed by atoms with Crippen LogP contribution in [-0.4, -0.2) is 28.6 Å². The van der Waals surface area contributed by atoms with E-state index in [0.29, 0.717) is 6.54 Å². The lowest BCUT2D eigenvalue weighted by atomic mass is 10.2. The second kappa shape index (κ2) is 6.47. The second-order valence-electron chi connectivity index (χ2n) is 4.09. The molecule has 0 saturated carbocycles. The van der Waals surface area contributed by atoms with Crippen molar-refractivity contribution in [3.05, 3.63) is 29.0 Å². The molecule has 0 spiro atoms. The van der Waals surface area contributed by atoms with E-state index in [1.54, 1.807) is 7.05 Å². The average molecular weight is 295 g/mol. The van der Waals surface area contributed by atoms with Crippen molar-refractivity contribution in [1.29, 1.82) is 0 Å². The summed E-state index contributed by atoms with van der Waals surface area (Å²) in [5.74, 6) is -0.425. The van der Waals surface area contributed by atoms with Gasteiger partial charge >= 0.3 is 0 Å². The number of hydrogen-bond acceptors (Lipinski definition) is 3. The van der Waals surface area contributed by atoms with Crippen LogP contribution in [0.15, 0.2) is 23.1 Å². The van der Waals surface area contributed by atoms with Crippen LogP contribution in [0.25, 0.3) is 0 Å². The average Bonchev–Trinajstić information content (AvgIpc) is 2.26. The summed E-state index contributed by atoms with van der Waals surface area (Å²) in [7, 11) is -1.90. The van der Waals surface area contributed by atoms with Gasteiger partial charge in [-0.05, 0) is 37.7 Å². The zero-order chi connectivity index (χ0) is 13.8. The van der Waals surface area contributed by atoms with Gasteiger partial charge in [0.1, 0.15) is 10.7 Å². The summed E-state index contributed by atoms with van der Waals surface area (Å²) in [6, 6.07) is 3.20. The molecule has 2 N–H and O–H groups in total. The molecule has 102 valence electrons. The van der Waals surface area contributed by atoms with E-state index in [0.717, 1.165) is 18.2 Å². The molecule has 7 heteroatoms. The van der Waals surface area contributed by atoms with Gasteiger partial charge < -0.3 is 5.32 Å². The maximum absolute atomic E-state index is 12.8. The van der Waals surface area contributed by atoms with Crippen LogP contribution in [0.3, 0.4) is 0 Å². The van der Waals surface area contributed by atoms with E-state index in [-0.39, 0.29) is 22.4 Å². The Balaban J connectivity index is 2.80. The molecule has 18 heavy (non-hydrogen) atoms. The molecule has 1 aromatic carbocycles. The zero-order valence-electron chi connectivity index (χ0n) is 10.2. The molecule has 1 unspecified atom stereocenters. The quantitative estimate of drug-likeness (QED) is 0.838. The Morgan fingerprint density at radius 2 is 2.06 bits per heavy atom. The van der Waals surface area contributed by atoms with Crippen LogP contribution in [0.2, 0.25) is 5.02 Å². The van der Waals surface area contributed by atoms with Crippen molar-refractivity contribution in [1.82, 2.24) is 10.0 Å². The van der Waals surface area contributed by atoms with Crippen molar-refractivity contribution in [2.75, 3.05) is 20.1 Å². The van der Waals surface area contributed by atoms with Crippen LogP contribution >= 0.6 is 11.6 Å². The monoisotopic (exact) mass is 294 g/mol. The van der Waals surface area contributed by atoms with Crippen LogP contribution in [0.1, 0.15) is 6.92 Å². The Labute approximate surface area is 112 Å². The number of hydrogen-bond donors (Lipinski definition) is 2. The summed E-state index contributed by atoms with van der Waals surface area (Å²) in [5, 5.41) is 2.83. The van der Waals surface area contributed by atoms with Crippen LogP contribution in [0.4, 0.5) is 4.39 Å². The Hall–Kier alpha value is -0.690. The summed E-state index contributed by atoms with van der Waals surface area (Å²) in [5.41, 5.74) is 0. The van der Waals surface area contributed by atoms with Gasteiger partial charge in [0.15, 0.2) is 0 Å². The third-order valence-electron chi connectivity index (χ3n) is 2.36. The van der Waals surface area contributed by atoms with Gasteiger partial charge in [0, 0.05) is 6.54 Å². The first kappa shape index (κ1) is 15.4. The molecule has 1 rings (SSSR count). The van der Waals surface area contributed by atoms with Crippen molar-refractivity contribution >= 4 is 21.6 Å². The topological polar surface area (TPSA) is 58.2 Å². The third-order valence-corrected chi connectivity index (χ3v) is 4.26. The van der Waals surface area contributed by atoms with Crippen LogP contribution in [0.5, 0.6) is 0 Å². The Kier molecular flexibility index (Phi) is 5.52. The zero-order valence-corrected chi connectivity index (χ0v) is 11.8. The lowest BCUT2D eigenvalue weighted by molar-refractivity contribution is 0.519. The van der Waals surface area contributed by atoms with E-state index in [1.807, 2.05) is 6.92 Å². The Morgan fingerprint density at radius 3 is 2.61 bits per heavy atom. The van der Waals surface area contributed by atoms with Gasteiger partial charge in [-0.3, -0.25) is 0 Å². The molecule has 0 heterocycles. The van der Waals surface area contributed by atoms with E-state index in [9.17, 15) is 12.8 Å². The lowest BCUT2D eigenvalue weighted by Crippen LogP contribution is -2.32. The summed E-state index contributed by atoms with van der Waals surface area (Å²) < 4.78 is 39.2. The van der Waals surface area contributed by atoms with Crippen molar-refractivity contribution in [3.63, 3.8) is 0 Å². The molecule has 0 bridgehead atoms. The highest BCUT2D eigenvalue weighted by atomic mass is 35.5. The Bertz CT molecular complexity index is 508. The maximum Gasteiger partial charge on any atom is 0.242 e. The van der Waals surface area contributed by atoms with Crippen molar-refractivity contribution in [3.8, 4) is 0 Å². The minimum atomic E-state index is -3.70. The molecule has 0 aliphatic rings. The first-order valence-electron chi connectivity index (χ1n) is 5.46. The van der Waals surface area contributed by atoms with Gasteiger partial charge in [-0.25, -0.2) is 17.5 Å². The van der Waals surface area contributed by atoms with E-state index in [1.165, 1.54) is 0 Å². The van der Waals surface area contributed by atoms with Gasteiger partial charge in [-0.15, -0.1) is 0 Å². The molecule has 4 nitrogen and oxygen atoms in total. The molecule has 0 amide bonds. The highest BCUT2D eigenvalue weighted by molar-refractivity contribution is 7.89. The van der Waals surface area contributed by atoms with Gasteiger partial charge in [-0.2, -0.15) is 0 Å². The highest BCUT2D eigenvalue weighted by Gasteiger charge is 2.18. The van der Waals surface area contributed by atoms with Gasteiger partial charge in [0.05, 0.1) is 5.02 Å². The fraction of sp³-hybridized carbons (Fsp3) is 0.455. The number of sulfonamides is 1. The minimum absolute atomic E-state index is 0.109. The molecular formula is C11H16ClFN2O2S. The van der Waals surface area contributed by atoms with Crippen molar-refractivity contribution < 1.29 is 12.8 Å². The summed E-state index contributed by atoms with van der Waals surface area (Å²) in [4.78, 5) is -0.109. The molecular weight excluding hydrogens is 279 g/mol. The number of rotatable bonds is 6. The summed E-state index contributed by atoms with van der Waals surface area (Å²) in [6.07, 6.45) is 0. The Morgan fingerprint density at radius 1 is 1.39 bits per heavy atom. The fourth-order valence-corrected chi connectivity index (χ4v) is 3.14. The molecule has 0 saturated heterocycles. The van der Waals surface area contributed by atoms with Gasteiger partial charge in [-0.1, -0.05) is 18.5 Å². The van der Waals surface area contributed by atoms with Crippen molar-refractivity contribution in [2.45, 2.75) is 11.8 Å². The molecule has 1 atom stereocenters. The van der Waals surface area contributed by atoms with Crippen molar-refractivity contribution in [2.24, 2.45) is 5.92 Å². The maximum atomic E-state index is 12.8. The van der Waals surface area contributed by atoms with Gasteiger partial charge in [0.25, 0.3) is 0 Å². The third kappa shape index (κ3) is 4.20. The first-order valence-corrected chi connectivity index (χ1v) is 7.32. The first-order chi connectivity index (χ1) is 8.36. The predicted molar refractivity (Wildman–Crippen MR) is 69.7 cm³/mol. The molecule has 0 aromatic heterocycles. The molecule has 0 aliphatic heterocycles. The lowest BCUT2D eigenvalue weighted by Gasteiger charge is -2.13. The van der Waals surface area contributed by atoms with Crippen LogP contribution in [-0.2, 0) is 10.0 Å². The normalized spacial score (nSPS) is 13.6. The smallest absolute Gasteiger partial charge is 0.242 e. The number of halogens is 2. The number of nitrogens with one attached hydrogen (secondary N) is 2. The van der Waals surface area contributed by atoms with E-state index >= 15 is 0 Å². The van der Waals surface area contributed by atoms with Gasteiger partial charge in [0.2, 0.25) is 10.0 Å².